The van der Waals surface area contributed by atoms with Crippen LogP contribution >= 0.6 is 11.3 Å². The van der Waals surface area contributed by atoms with E-state index in [2.05, 4.69) is 4.98 Å². The lowest BCUT2D eigenvalue weighted by Crippen LogP contribution is -1.95. The van der Waals surface area contributed by atoms with E-state index in [1.54, 1.807) is 12.1 Å². The number of ether oxygens (including phenoxy) is 3. The lowest BCUT2D eigenvalue weighted by molar-refractivity contribution is 0.0702. The first-order valence-corrected chi connectivity index (χ1v) is 6.41. The van der Waals surface area contributed by atoms with Crippen LogP contribution in [0.4, 0.5) is 0 Å². The topological polar surface area (TPSA) is 77.9 Å². The number of carboxylic acid groups (broad SMARTS) is 1. The third-order valence-electron chi connectivity index (χ3n) is 2.63. The molecule has 0 radical (unpaired) electrons. The standard InChI is InChI=1S/C13H13NO5S/c1-17-8-4-7(5-9(18-2)11(8)19-3)12-14-6-10(20-12)13(15)16/h4-6H,1-3H3,(H,15,16). The number of benzene rings is 1. The van der Waals surface area contributed by atoms with Crippen LogP contribution in [0.25, 0.3) is 10.6 Å². The maximum absolute atomic E-state index is 10.9. The summed E-state index contributed by atoms with van der Waals surface area (Å²) in [5.74, 6) is 0.470. The van der Waals surface area contributed by atoms with Crippen molar-refractivity contribution in [2.24, 2.45) is 0 Å². The number of aromatic nitrogens is 1. The molecule has 1 aromatic carbocycles. The van der Waals surface area contributed by atoms with Gasteiger partial charge in [-0.3, -0.25) is 0 Å². The van der Waals surface area contributed by atoms with Crippen LogP contribution in [0.3, 0.4) is 0 Å². The van der Waals surface area contributed by atoms with Gasteiger partial charge in [0.05, 0.1) is 27.5 Å². The highest BCUT2D eigenvalue weighted by Gasteiger charge is 2.17. The van der Waals surface area contributed by atoms with Gasteiger partial charge in [-0.15, -0.1) is 11.3 Å². The molecule has 7 heteroatoms. The van der Waals surface area contributed by atoms with E-state index in [4.69, 9.17) is 19.3 Å². The van der Waals surface area contributed by atoms with Gasteiger partial charge in [-0.1, -0.05) is 0 Å². The summed E-state index contributed by atoms with van der Waals surface area (Å²) in [6.07, 6.45) is 1.32. The molecule has 0 aliphatic carbocycles. The van der Waals surface area contributed by atoms with Crippen molar-refractivity contribution in [1.82, 2.24) is 4.98 Å². The summed E-state index contributed by atoms with van der Waals surface area (Å²) in [5, 5.41) is 9.50. The number of carbonyl (C=O) groups is 1. The minimum atomic E-state index is -0.999. The van der Waals surface area contributed by atoms with E-state index in [1.807, 2.05) is 0 Å². The fourth-order valence-electron chi connectivity index (χ4n) is 1.71. The average Bonchev–Trinajstić information content (AvgIpc) is 2.95. The van der Waals surface area contributed by atoms with Crippen LogP contribution in [0.2, 0.25) is 0 Å². The Labute approximate surface area is 119 Å². The zero-order valence-corrected chi connectivity index (χ0v) is 12.0. The summed E-state index contributed by atoms with van der Waals surface area (Å²) in [7, 11) is 4.56. The Balaban J connectivity index is 2.53. The van der Waals surface area contributed by atoms with Crippen LogP contribution in [-0.4, -0.2) is 37.4 Å². The molecule has 0 amide bonds. The molecule has 6 nitrogen and oxygen atoms in total. The second-order valence-corrected chi connectivity index (χ2v) is 4.78. The monoisotopic (exact) mass is 295 g/mol. The number of carboxylic acids is 1. The van der Waals surface area contributed by atoms with Crippen molar-refractivity contribution in [3.63, 3.8) is 0 Å². The molecular weight excluding hydrogens is 282 g/mol. The predicted octanol–water partition coefficient (Wildman–Crippen LogP) is 2.53. The molecule has 1 N–H and O–H groups in total. The average molecular weight is 295 g/mol. The Morgan fingerprint density at radius 1 is 1.15 bits per heavy atom. The Bertz CT molecular complexity index is 612. The molecule has 106 valence electrons. The number of nitrogens with zero attached hydrogens (tertiary/aromatic N) is 1. The van der Waals surface area contributed by atoms with Crippen molar-refractivity contribution in [2.45, 2.75) is 0 Å². The summed E-state index contributed by atoms with van der Waals surface area (Å²) < 4.78 is 15.7. The first-order valence-electron chi connectivity index (χ1n) is 5.60. The predicted molar refractivity (Wildman–Crippen MR) is 74.2 cm³/mol. The van der Waals surface area contributed by atoms with Gasteiger partial charge in [-0.05, 0) is 12.1 Å². The fraction of sp³-hybridized carbons (Fsp3) is 0.231. The van der Waals surface area contributed by atoms with E-state index in [0.717, 1.165) is 11.3 Å². The number of hydrogen-bond donors (Lipinski definition) is 1. The quantitative estimate of drug-likeness (QED) is 0.913. The Kier molecular flexibility index (Phi) is 4.09. The van der Waals surface area contributed by atoms with E-state index in [1.165, 1.54) is 27.5 Å². The molecule has 20 heavy (non-hydrogen) atoms. The third kappa shape index (κ3) is 2.53. The van der Waals surface area contributed by atoms with Gasteiger partial charge in [0, 0.05) is 5.56 Å². The van der Waals surface area contributed by atoms with E-state index in [9.17, 15) is 4.79 Å². The molecule has 0 aliphatic rings. The van der Waals surface area contributed by atoms with Crippen molar-refractivity contribution >= 4 is 17.3 Å². The smallest absolute Gasteiger partial charge is 0.347 e. The fourth-order valence-corrected chi connectivity index (χ4v) is 2.45. The summed E-state index contributed by atoms with van der Waals surface area (Å²) >= 11 is 1.08. The van der Waals surface area contributed by atoms with E-state index >= 15 is 0 Å². The molecule has 1 heterocycles. The van der Waals surface area contributed by atoms with Crippen LogP contribution in [0.1, 0.15) is 9.67 Å². The minimum absolute atomic E-state index is 0.175. The Hall–Kier alpha value is -2.28. The molecule has 0 saturated carbocycles. The van der Waals surface area contributed by atoms with Crippen LogP contribution in [0.5, 0.6) is 17.2 Å². The molecular formula is C13H13NO5S. The van der Waals surface area contributed by atoms with Gasteiger partial charge in [0.25, 0.3) is 0 Å². The lowest BCUT2D eigenvalue weighted by atomic mass is 10.2. The number of methoxy groups -OCH3 is 3. The summed E-state index contributed by atoms with van der Waals surface area (Å²) in [5.41, 5.74) is 0.706. The second-order valence-electron chi connectivity index (χ2n) is 3.75. The lowest BCUT2D eigenvalue weighted by Gasteiger charge is -2.13. The van der Waals surface area contributed by atoms with Crippen LogP contribution in [0, 0.1) is 0 Å². The molecule has 0 aliphatic heterocycles. The molecule has 2 rings (SSSR count). The molecule has 0 saturated heterocycles. The number of hydrogen-bond acceptors (Lipinski definition) is 6. The van der Waals surface area contributed by atoms with Crippen molar-refractivity contribution in [3.8, 4) is 27.8 Å². The van der Waals surface area contributed by atoms with Crippen LogP contribution in [0.15, 0.2) is 18.3 Å². The third-order valence-corrected chi connectivity index (χ3v) is 3.66. The van der Waals surface area contributed by atoms with Gasteiger partial charge in [-0.2, -0.15) is 0 Å². The molecule has 0 atom stereocenters. The number of thiazole rings is 1. The van der Waals surface area contributed by atoms with E-state index in [0.29, 0.717) is 27.8 Å². The van der Waals surface area contributed by atoms with Crippen LogP contribution in [-0.2, 0) is 0 Å². The van der Waals surface area contributed by atoms with Gasteiger partial charge < -0.3 is 19.3 Å². The van der Waals surface area contributed by atoms with Crippen molar-refractivity contribution < 1.29 is 24.1 Å². The largest absolute Gasteiger partial charge is 0.493 e. The van der Waals surface area contributed by atoms with Crippen molar-refractivity contribution in [3.05, 3.63) is 23.2 Å². The minimum Gasteiger partial charge on any atom is -0.493 e. The highest BCUT2D eigenvalue weighted by atomic mass is 32.1. The van der Waals surface area contributed by atoms with Crippen molar-refractivity contribution in [1.29, 1.82) is 0 Å². The normalized spacial score (nSPS) is 10.2. The Morgan fingerprint density at radius 3 is 2.15 bits per heavy atom. The zero-order chi connectivity index (χ0) is 14.7. The van der Waals surface area contributed by atoms with Gasteiger partial charge in [0.15, 0.2) is 11.5 Å². The second kappa shape index (κ2) is 5.79. The summed E-state index contributed by atoms with van der Waals surface area (Å²) in [6.45, 7) is 0. The molecule has 2 aromatic rings. The van der Waals surface area contributed by atoms with Gasteiger partial charge in [-0.25, -0.2) is 9.78 Å². The molecule has 0 fully saturated rings. The van der Waals surface area contributed by atoms with Crippen molar-refractivity contribution in [2.75, 3.05) is 21.3 Å². The van der Waals surface area contributed by atoms with Gasteiger partial charge in [0.1, 0.15) is 9.88 Å². The maximum atomic E-state index is 10.9. The van der Waals surface area contributed by atoms with E-state index < -0.39 is 5.97 Å². The summed E-state index contributed by atoms with van der Waals surface area (Å²) in [6, 6.07) is 3.46. The maximum Gasteiger partial charge on any atom is 0.347 e. The first-order chi connectivity index (χ1) is 9.60. The molecule has 1 aromatic heterocycles. The van der Waals surface area contributed by atoms with Gasteiger partial charge in [0.2, 0.25) is 5.75 Å². The summed E-state index contributed by atoms with van der Waals surface area (Å²) in [4.78, 5) is 15.2. The SMILES string of the molecule is COc1cc(-c2ncc(C(=O)O)s2)cc(OC)c1OC. The number of aromatic carboxylic acids is 1. The molecule has 0 unspecified atom stereocenters. The van der Waals surface area contributed by atoms with E-state index in [-0.39, 0.29) is 4.88 Å². The Morgan fingerprint density at radius 2 is 1.75 bits per heavy atom. The van der Waals surface area contributed by atoms with Crippen LogP contribution < -0.4 is 14.2 Å². The molecule has 0 bridgehead atoms. The first kappa shape index (κ1) is 14.1. The zero-order valence-electron chi connectivity index (χ0n) is 11.2. The van der Waals surface area contributed by atoms with Gasteiger partial charge >= 0.3 is 5.97 Å². The number of rotatable bonds is 5. The molecule has 0 spiro atoms. The highest BCUT2D eigenvalue weighted by molar-refractivity contribution is 7.16. The highest BCUT2D eigenvalue weighted by Crippen LogP contribution is 2.41.